The number of thioether (sulfide) groups is 1. The van der Waals surface area contributed by atoms with Crippen LogP contribution in [-0.4, -0.2) is 29.0 Å². The molecule has 70 valence electrons. The van der Waals surface area contributed by atoms with Crippen molar-refractivity contribution in [2.45, 2.75) is 13.8 Å². The number of carbonyl (C=O) groups excluding carboxylic acids is 1. The van der Waals surface area contributed by atoms with Crippen LogP contribution in [0.4, 0.5) is 4.79 Å². The van der Waals surface area contributed by atoms with Crippen LogP contribution >= 0.6 is 23.4 Å². The van der Waals surface area contributed by atoms with Gasteiger partial charge in [-0.15, -0.1) is 0 Å². The molecule has 0 atom stereocenters. The van der Waals surface area contributed by atoms with Gasteiger partial charge < -0.3 is 4.90 Å². The fraction of sp³-hybridized carbons (Fsp3) is 0.625. The lowest BCUT2D eigenvalue weighted by Gasteiger charge is -2.17. The van der Waals surface area contributed by atoms with E-state index in [2.05, 4.69) is 6.58 Å². The summed E-state index contributed by atoms with van der Waals surface area (Å²) in [6, 6.07) is 0. The minimum atomic E-state index is 0.0711. The molecular weight excluding hydrogens is 194 g/mol. The molecule has 4 heteroatoms. The third-order valence-corrected chi connectivity index (χ3v) is 2.66. The Morgan fingerprint density at radius 1 is 1.50 bits per heavy atom. The van der Waals surface area contributed by atoms with Crippen molar-refractivity contribution in [1.82, 2.24) is 4.90 Å². The van der Waals surface area contributed by atoms with Gasteiger partial charge in [0.05, 0.1) is 0 Å². The number of carbonyl (C=O) groups is 1. The Balaban J connectivity index is 3.77. The van der Waals surface area contributed by atoms with Crippen molar-refractivity contribution < 1.29 is 4.79 Å². The van der Waals surface area contributed by atoms with Gasteiger partial charge >= 0.3 is 0 Å². The Morgan fingerprint density at radius 3 is 2.33 bits per heavy atom. The highest BCUT2D eigenvalue weighted by molar-refractivity contribution is 8.13. The molecule has 0 bridgehead atoms. The van der Waals surface area contributed by atoms with Gasteiger partial charge in [0.1, 0.15) is 0 Å². The van der Waals surface area contributed by atoms with Gasteiger partial charge in [-0.3, -0.25) is 4.79 Å². The maximum Gasteiger partial charge on any atom is 0.281 e. The molecule has 0 spiro atoms. The van der Waals surface area contributed by atoms with E-state index >= 15 is 0 Å². The lowest BCUT2D eigenvalue weighted by molar-refractivity contribution is 0.228. The van der Waals surface area contributed by atoms with Crippen LogP contribution in [0.2, 0.25) is 0 Å². The highest BCUT2D eigenvalue weighted by Crippen LogP contribution is 2.13. The van der Waals surface area contributed by atoms with Crippen molar-refractivity contribution in [2.24, 2.45) is 0 Å². The maximum absolute atomic E-state index is 11.3. The van der Waals surface area contributed by atoms with E-state index in [-0.39, 0.29) is 5.24 Å². The molecule has 0 aromatic carbocycles. The molecule has 12 heavy (non-hydrogen) atoms. The van der Waals surface area contributed by atoms with Gasteiger partial charge in [0, 0.05) is 23.9 Å². The summed E-state index contributed by atoms with van der Waals surface area (Å²) >= 11 is 6.72. The average Bonchev–Trinajstić information content (AvgIpc) is 2.03. The molecule has 0 aromatic rings. The maximum atomic E-state index is 11.3. The largest absolute Gasteiger partial charge is 0.334 e. The zero-order chi connectivity index (χ0) is 9.56. The van der Waals surface area contributed by atoms with Gasteiger partial charge in [-0.2, -0.15) is 0 Å². The fourth-order valence-electron chi connectivity index (χ4n) is 0.713. The summed E-state index contributed by atoms with van der Waals surface area (Å²) < 4.78 is 0. The number of halogens is 1. The van der Waals surface area contributed by atoms with E-state index in [1.165, 1.54) is 11.8 Å². The molecule has 0 fully saturated rings. The van der Waals surface area contributed by atoms with Crippen molar-refractivity contribution >= 4 is 28.6 Å². The molecule has 0 radical (unpaired) electrons. The zero-order valence-corrected chi connectivity index (χ0v) is 9.04. The van der Waals surface area contributed by atoms with E-state index < -0.39 is 0 Å². The number of hydrogen-bond donors (Lipinski definition) is 0. The van der Waals surface area contributed by atoms with Crippen molar-refractivity contribution in [1.29, 1.82) is 0 Å². The topological polar surface area (TPSA) is 20.3 Å². The predicted molar refractivity (Wildman–Crippen MR) is 55.8 cm³/mol. The number of nitrogens with zero attached hydrogens (tertiary/aromatic N) is 1. The molecule has 0 unspecified atom stereocenters. The van der Waals surface area contributed by atoms with Crippen LogP contribution in [0.1, 0.15) is 13.8 Å². The summed E-state index contributed by atoms with van der Waals surface area (Å²) in [6.07, 6.45) is 0. The second-order valence-corrected chi connectivity index (χ2v) is 3.71. The summed E-state index contributed by atoms with van der Waals surface area (Å²) in [5.74, 6) is 0.497. The van der Waals surface area contributed by atoms with Crippen molar-refractivity contribution in [3.8, 4) is 0 Å². The summed E-state index contributed by atoms with van der Waals surface area (Å²) in [7, 11) is 0. The molecule has 0 heterocycles. The minimum Gasteiger partial charge on any atom is -0.334 e. The zero-order valence-electron chi connectivity index (χ0n) is 7.47. The molecule has 0 saturated heterocycles. The summed E-state index contributed by atoms with van der Waals surface area (Å²) in [4.78, 5) is 13.1. The fourth-order valence-corrected chi connectivity index (χ4v) is 1.60. The second kappa shape index (κ2) is 6.38. The highest BCUT2D eigenvalue weighted by Gasteiger charge is 2.09. The van der Waals surface area contributed by atoms with E-state index in [0.29, 0.717) is 10.8 Å². The smallest absolute Gasteiger partial charge is 0.281 e. The standard InChI is InChI=1S/C8H14ClNOS/c1-4-10(5-2)8(11)12-6-7(3)9/h3-6H2,1-2H3. The quantitative estimate of drug-likeness (QED) is 0.707. The second-order valence-electron chi connectivity index (χ2n) is 2.24. The van der Waals surface area contributed by atoms with Gasteiger partial charge in [-0.05, 0) is 13.8 Å². The van der Waals surface area contributed by atoms with E-state index in [0.717, 1.165) is 13.1 Å². The first kappa shape index (κ1) is 11.8. The van der Waals surface area contributed by atoms with Gasteiger partial charge in [-0.25, -0.2) is 0 Å². The first-order valence-electron chi connectivity index (χ1n) is 3.86. The van der Waals surface area contributed by atoms with Crippen LogP contribution < -0.4 is 0 Å². The molecule has 0 aromatic heterocycles. The number of amides is 1. The average molecular weight is 208 g/mol. The van der Waals surface area contributed by atoms with Crippen molar-refractivity contribution in [3.05, 3.63) is 11.6 Å². The van der Waals surface area contributed by atoms with Crippen molar-refractivity contribution in [3.63, 3.8) is 0 Å². The first-order chi connectivity index (χ1) is 5.61. The number of rotatable bonds is 4. The van der Waals surface area contributed by atoms with E-state index in [1.54, 1.807) is 4.90 Å². The van der Waals surface area contributed by atoms with Gasteiger partial charge in [0.25, 0.3) is 5.24 Å². The molecule has 1 amide bonds. The Kier molecular flexibility index (Phi) is 6.30. The molecule has 0 aliphatic heterocycles. The molecular formula is C8H14ClNOS. The van der Waals surface area contributed by atoms with E-state index in [4.69, 9.17) is 11.6 Å². The first-order valence-corrected chi connectivity index (χ1v) is 5.23. The number of hydrogen-bond acceptors (Lipinski definition) is 2. The van der Waals surface area contributed by atoms with Crippen LogP contribution in [0, 0.1) is 0 Å². The van der Waals surface area contributed by atoms with Crippen LogP contribution in [0.5, 0.6) is 0 Å². The molecule has 0 saturated carbocycles. The Hall–Kier alpha value is -0.150. The van der Waals surface area contributed by atoms with Crippen molar-refractivity contribution in [2.75, 3.05) is 18.8 Å². The SMILES string of the molecule is C=C(Cl)CSC(=O)N(CC)CC. The Morgan fingerprint density at radius 2 is 2.00 bits per heavy atom. The van der Waals surface area contributed by atoms with E-state index in [9.17, 15) is 4.79 Å². The molecule has 0 N–H and O–H groups in total. The minimum absolute atomic E-state index is 0.0711. The molecule has 0 aliphatic carbocycles. The van der Waals surface area contributed by atoms with E-state index in [1.807, 2.05) is 13.8 Å². The van der Waals surface area contributed by atoms with Gasteiger partial charge in [0.15, 0.2) is 0 Å². The summed E-state index contributed by atoms with van der Waals surface area (Å²) in [5.41, 5.74) is 0. The van der Waals surface area contributed by atoms with Crippen LogP contribution in [0.25, 0.3) is 0 Å². The predicted octanol–water partition coefficient (Wildman–Crippen LogP) is 2.93. The summed E-state index contributed by atoms with van der Waals surface area (Å²) in [5, 5.41) is 0.585. The monoisotopic (exact) mass is 207 g/mol. The third-order valence-electron chi connectivity index (χ3n) is 1.37. The third kappa shape index (κ3) is 4.67. The molecule has 0 aliphatic rings. The molecule has 0 rings (SSSR count). The lowest BCUT2D eigenvalue weighted by atomic mass is 10.6. The lowest BCUT2D eigenvalue weighted by Crippen LogP contribution is -2.26. The van der Waals surface area contributed by atoms with Crippen LogP contribution in [-0.2, 0) is 0 Å². The van der Waals surface area contributed by atoms with Crippen LogP contribution in [0.15, 0.2) is 11.6 Å². The molecule has 2 nitrogen and oxygen atoms in total. The Bertz CT molecular complexity index is 168. The van der Waals surface area contributed by atoms with Gasteiger partial charge in [0.2, 0.25) is 0 Å². The van der Waals surface area contributed by atoms with Gasteiger partial charge in [-0.1, -0.05) is 29.9 Å². The Labute approximate surface area is 83.0 Å². The highest BCUT2D eigenvalue weighted by atomic mass is 35.5. The normalized spacial score (nSPS) is 9.58. The van der Waals surface area contributed by atoms with Crippen LogP contribution in [0.3, 0.4) is 0 Å². The summed E-state index contributed by atoms with van der Waals surface area (Å²) in [6.45, 7) is 8.92.